The van der Waals surface area contributed by atoms with Gasteiger partial charge in [0.25, 0.3) is 0 Å². The third-order valence-corrected chi connectivity index (χ3v) is 11.2. The molecule has 5 nitrogen and oxygen atoms in total. The normalized spacial score (nSPS) is 18.7. The third-order valence-electron chi connectivity index (χ3n) is 11.2. The fourth-order valence-corrected chi connectivity index (χ4v) is 8.79. The summed E-state index contributed by atoms with van der Waals surface area (Å²) in [6, 6.07) is 29.4. The highest BCUT2D eigenvalue weighted by molar-refractivity contribution is 6.09. The zero-order valence-corrected chi connectivity index (χ0v) is 28.7. The zero-order chi connectivity index (χ0) is 34.0. The molecule has 5 aromatic rings. The quantitative estimate of drug-likeness (QED) is 0.188. The molecule has 2 saturated heterocycles. The van der Waals surface area contributed by atoms with Crippen molar-refractivity contribution in [3.63, 3.8) is 0 Å². The van der Waals surface area contributed by atoms with Crippen molar-refractivity contribution in [2.75, 3.05) is 62.4 Å². The van der Waals surface area contributed by atoms with Crippen molar-refractivity contribution in [3.8, 4) is 16.9 Å². The molecule has 0 amide bonds. The van der Waals surface area contributed by atoms with Crippen LogP contribution in [-0.4, -0.2) is 52.6 Å². The summed E-state index contributed by atoms with van der Waals surface area (Å²) in [5.74, 6) is 0.592. The Bertz CT molecular complexity index is 2100. The lowest BCUT2D eigenvalue weighted by Gasteiger charge is -2.39. The summed E-state index contributed by atoms with van der Waals surface area (Å²) in [6.45, 7) is 15.0. The molecule has 252 valence electrons. The van der Waals surface area contributed by atoms with Crippen LogP contribution < -0.4 is 14.5 Å². The number of morpholine rings is 2. The largest absolute Gasteiger partial charge is 0.472 e. The van der Waals surface area contributed by atoms with Gasteiger partial charge in [-0.1, -0.05) is 81.1 Å². The van der Waals surface area contributed by atoms with Crippen molar-refractivity contribution in [1.29, 1.82) is 0 Å². The monoisotopic (exact) mass is 664 g/mol. The summed E-state index contributed by atoms with van der Waals surface area (Å²) in [5.41, 5.74) is 9.32. The van der Waals surface area contributed by atoms with Crippen LogP contribution in [0.1, 0.15) is 47.2 Å². The van der Waals surface area contributed by atoms with Crippen molar-refractivity contribution < 1.29 is 18.6 Å². The van der Waals surface area contributed by atoms with Crippen LogP contribution in [0, 0.1) is 5.82 Å². The zero-order valence-electron chi connectivity index (χ0n) is 28.7. The molecule has 1 aliphatic carbocycles. The van der Waals surface area contributed by atoms with Gasteiger partial charge in [0.1, 0.15) is 11.6 Å². The van der Waals surface area contributed by atoms with E-state index >= 15 is 4.39 Å². The van der Waals surface area contributed by atoms with Gasteiger partial charge in [-0.05, 0) is 75.7 Å². The number of ether oxygens (including phenoxy) is 3. The molecule has 9 rings (SSSR count). The van der Waals surface area contributed by atoms with E-state index in [4.69, 9.17) is 14.2 Å². The molecule has 0 aromatic heterocycles. The summed E-state index contributed by atoms with van der Waals surface area (Å²) in [6.07, 6.45) is 6.27. The van der Waals surface area contributed by atoms with Gasteiger partial charge in [0, 0.05) is 65.0 Å². The summed E-state index contributed by atoms with van der Waals surface area (Å²) < 4.78 is 33.9. The van der Waals surface area contributed by atoms with Crippen LogP contribution in [0.5, 0.6) is 5.75 Å². The number of hydrogen-bond acceptors (Lipinski definition) is 5. The van der Waals surface area contributed by atoms with E-state index in [1.807, 2.05) is 0 Å². The van der Waals surface area contributed by atoms with Crippen LogP contribution in [-0.2, 0) is 20.5 Å². The lowest BCUT2D eigenvalue weighted by molar-refractivity contribution is 0.122. The van der Waals surface area contributed by atoms with Gasteiger partial charge in [-0.25, -0.2) is 4.39 Å². The fraction of sp³-hybridized carbons (Fsp3) is 0.273. The number of rotatable bonds is 5. The lowest BCUT2D eigenvalue weighted by Crippen LogP contribution is -2.37. The molecule has 3 heterocycles. The van der Waals surface area contributed by atoms with E-state index in [-0.39, 0.29) is 5.82 Å². The molecule has 0 spiro atoms. The van der Waals surface area contributed by atoms with Crippen molar-refractivity contribution in [2.24, 2.45) is 0 Å². The highest BCUT2D eigenvalue weighted by Gasteiger charge is 2.45. The van der Waals surface area contributed by atoms with Gasteiger partial charge in [0.15, 0.2) is 5.60 Å². The number of fused-ring (bicyclic) bond motifs is 8. The molecular formula is C44H41FN2O3. The number of anilines is 2. The number of nitrogens with zero attached hydrogens (tertiary/aromatic N) is 2. The van der Waals surface area contributed by atoms with Gasteiger partial charge in [-0.2, -0.15) is 0 Å². The Balaban J connectivity index is 1.24. The topological polar surface area (TPSA) is 34.2 Å². The Morgan fingerprint density at radius 3 is 1.84 bits per heavy atom. The summed E-state index contributed by atoms with van der Waals surface area (Å²) >= 11 is 0. The predicted molar refractivity (Wildman–Crippen MR) is 201 cm³/mol. The van der Waals surface area contributed by atoms with Gasteiger partial charge in [0.05, 0.1) is 26.4 Å². The average molecular weight is 665 g/mol. The highest BCUT2D eigenvalue weighted by Crippen LogP contribution is 2.59. The van der Waals surface area contributed by atoms with Crippen molar-refractivity contribution in [1.82, 2.24) is 0 Å². The van der Waals surface area contributed by atoms with Gasteiger partial charge >= 0.3 is 0 Å². The van der Waals surface area contributed by atoms with E-state index < -0.39 is 11.0 Å². The highest BCUT2D eigenvalue weighted by atomic mass is 19.1. The van der Waals surface area contributed by atoms with E-state index in [0.717, 1.165) is 114 Å². The van der Waals surface area contributed by atoms with E-state index in [2.05, 4.69) is 115 Å². The van der Waals surface area contributed by atoms with Crippen LogP contribution >= 0.6 is 0 Å². The predicted octanol–water partition coefficient (Wildman–Crippen LogP) is 8.95. The minimum absolute atomic E-state index is 0.254. The number of hydrogen-bond donors (Lipinski definition) is 0. The first-order valence-electron chi connectivity index (χ1n) is 17.7. The second-order valence-corrected chi connectivity index (χ2v) is 14.2. The first-order valence-corrected chi connectivity index (χ1v) is 17.7. The van der Waals surface area contributed by atoms with E-state index in [0.29, 0.717) is 0 Å². The Morgan fingerprint density at radius 2 is 1.28 bits per heavy atom. The first-order chi connectivity index (χ1) is 24.4. The standard InChI is InChI=1S/C44H41FN2O3/c1-4-29-27-32(45)28-38-39-35-7-5-6-8-36(35)42-37(41(39)43(2,3)40(29)38)17-18-44(50-42,30-9-13-33(14-10-30)46-19-23-48-24-20-46)31-11-15-34(16-12-31)47-21-25-49-26-22-47/h4-18,27-28H,1,19-26H2,2-3H3. The molecule has 0 atom stereocenters. The average Bonchev–Trinajstić information content (AvgIpc) is 3.41. The summed E-state index contributed by atoms with van der Waals surface area (Å²) in [5, 5.41) is 2.07. The minimum Gasteiger partial charge on any atom is -0.472 e. The Kier molecular flexibility index (Phi) is 7.37. The van der Waals surface area contributed by atoms with E-state index in [1.54, 1.807) is 18.2 Å². The van der Waals surface area contributed by atoms with Crippen LogP contribution in [0.15, 0.2) is 97.6 Å². The Labute approximate surface area is 293 Å². The molecular weight excluding hydrogens is 623 g/mol. The maximum Gasteiger partial charge on any atom is 0.178 e. The molecule has 0 N–H and O–H groups in total. The minimum atomic E-state index is -0.884. The lowest BCUT2D eigenvalue weighted by atomic mass is 9.76. The molecule has 0 saturated carbocycles. The third kappa shape index (κ3) is 4.73. The fourth-order valence-electron chi connectivity index (χ4n) is 8.79. The summed E-state index contributed by atoms with van der Waals surface area (Å²) in [4.78, 5) is 4.75. The van der Waals surface area contributed by atoms with E-state index in [9.17, 15) is 0 Å². The molecule has 2 fully saturated rings. The molecule has 3 aliphatic heterocycles. The molecule has 5 aromatic carbocycles. The molecule has 0 radical (unpaired) electrons. The number of halogens is 1. The Hall–Kier alpha value is -4.91. The molecule has 50 heavy (non-hydrogen) atoms. The molecule has 0 bridgehead atoms. The van der Waals surface area contributed by atoms with Gasteiger partial charge in [-0.3, -0.25) is 0 Å². The second kappa shape index (κ2) is 11.9. The van der Waals surface area contributed by atoms with Gasteiger partial charge in [0.2, 0.25) is 0 Å². The first kappa shape index (κ1) is 31.1. The van der Waals surface area contributed by atoms with E-state index in [1.165, 1.54) is 11.4 Å². The van der Waals surface area contributed by atoms with Crippen LogP contribution in [0.2, 0.25) is 0 Å². The maximum absolute atomic E-state index is 15.2. The van der Waals surface area contributed by atoms with Crippen molar-refractivity contribution >= 4 is 34.3 Å². The van der Waals surface area contributed by atoms with Crippen LogP contribution in [0.25, 0.3) is 34.1 Å². The van der Waals surface area contributed by atoms with Gasteiger partial charge < -0.3 is 24.0 Å². The summed E-state index contributed by atoms with van der Waals surface area (Å²) in [7, 11) is 0. The van der Waals surface area contributed by atoms with Crippen LogP contribution in [0.4, 0.5) is 15.8 Å². The van der Waals surface area contributed by atoms with Crippen LogP contribution in [0.3, 0.4) is 0 Å². The Morgan fingerprint density at radius 1 is 0.720 bits per heavy atom. The second-order valence-electron chi connectivity index (χ2n) is 14.2. The smallest absolute Gasteiger partial charge is 0.178 e. The van der Waals surface area contributed by atoms with Crippen molar-refractivity contribution in [3.05, 3.63) is 137 Å². The molecule has 6 heteroatoms. The molecule has 0 unspecified atom stereocenters. The number of benzene rings is 5. The van der Waals surface area contributed by atoms with Gasteiger partial charge in [-0.15, -0.1) is 0 Å². The maximum atomic E-state index is 15.2. The van der Waals surface area contributed by atoms with Crippen molar-refractivity contribution in [2.45, 2.75) is 24.9 Å². The SMILES string of the molecule is C=Cc1cc(F)cc2c1C(C)(C)c1c3c(c4ccccc4c1-2)OC(c1ccc(N2CCOCC2)cc1)(c1ccc(N2CCOCC2)cc1)C=C3. The molecule has 4 aliphatic rings.